The van der Waals surface area contributed by atoms with Gasteiger partial charge >= 0.3 is 0 Å². The second-order valence-electron chi connectivity index (χ2n) is 5.80. The zero-order valence-corrected chi connectivity index (χ0v) is 13.8. The number of fused-ring (bicyclic) bond motifs is 1. The first-order valence-electron chi connectivity index (χ1n) is 6.47. The molecule has 0 atom stereocenters. The van der Waals surface area contributed by atoms with Crippen molar-refractivity contribution >= 4 is 32.7 Å². The molecule has 0 aliphatic carbocycles. The Kier molecular flexibility index (Phi) is 4.30. The topological polar surface area (TPSA) is 92.1 Å². The number of hydrogen-bond donors (Lipinski definition) is 2. The Hall–Kier alpha value is -1.15. The van der Waals surface area contributed by atoms with Crippen LogP contribution < -0.4 is 5.73 Å². The van der Waals surface area contributed by atoms with Gasteiger partial charge in [-0.2, -0.15) is 0 Å². The molecule has 0 amide bonds. The first-order valence-corrected chi connectivity index (χ1v) is 8.29. The minimum atomic E-state index is -3.67. The number of rotatable bonds is 5. The number of nitrogens with one attached hydrogen (secondary N) is 1. The van der Waals surface area contributed by atoms with E-state index >= 15 is 0 Å². The lowest BCUT2D eigenvalue weighted by molar-refractivity contribution is 0.292. The zero-order chi connectivity index (χ0) is 15.8. The molecule has 21 heavy (non-hydrogen) atoms. The van der Waals surface area contributed by atoms with Crippen molar-refractivity contribution in [3.63, 3.8) is 0 Å². The highest BCUT2D eigenvalue weighted by Crippen LogP contribution is 2.30. The molecule has 0 saturated heterocycles. The standard InChI is InChI=1S/C13H19ClN4O2S/c1-13(2,7-15)8-18(3)21(19,20)10-6-17-12-11(10)9(14)4-5-16-12/h4-6H,7-8,15H2,1-3H3,(H,16,17). The number of hydrogen-bond acceptors (Lipinski definition) is 4. The van der Waals surface area contributed by atoms with Gasteiger partial charge in [-0.05, 0) is 18.0 Å². The Balaban J connectivity index is 2.48. The van der Waals surface area contributed by atoms with E-state index in [9.17, 15) is 8.42 Å². The average Bonchev–Trinajstić information content (AvgIpc) is 2.84. The highest BCUT2D eigenvalue weighted by Gasteiger charge is 2.30. The first-order chi connectivity index (χ1) is 9.69. The summed E-state index contributed by atoms with van der Waals surface area (Å²) in [5, 5.41) is 0.767. The van der Waals surface area contributed by atoms with Crippen molar-refractivity contribution in [1.82, 2.24) is 14.3 Å². The highest BCUT2D eigenvalue weighted by atomic mass is 35.5. The number of aromatic nitrogens is 2. The van der Waals surface area contributed by atoms with Crippen molar-refractivity contribution in [2.24, 2.45) is 11.1 Å². The maximum absolute atomic E-state index is 12.7. The smallest absolute Gasteiger partial charge is 0.245 e. The van der Waals surface area contributed by atoms with Crippen LogP contribution in [0.3, 0.4) is 0 Å². The average molecular weight is 331 g/mol. The molecule has 0 radical (unpaired) electrons. The molecule has 0 fully saturated rings. The van der Waals surface area contributed by atoms with Gasteiger partial charge in [0.25, 0.3) is 0 Å². The van der Waals surface area contributed by atoms with Crippen molar-refractivity contribution in [3.8, 4) is 0 Å². The van der Waals surface area contributed by atoms with E-state index in [4.69, 9.17) is 17.3 Å². The summed E-state index contributed by atoms with van der Waals surface area (Å²) in [5.41, 5.74) is 5.81. The summed E-state index contributed by atoms with van der Waals surface area (Å²) >= 11 is 6.11. The second-order valence-corrected chi connectivity index (χ2v) is 8.22. The highest BCUT2D eigenvalue weighted by molar-refractivity contribution is 7.89. The maximum atomic E-state index is 12.7. The fourth-order valence-electron chi connectivity index (χ4n) is 2.11. The Bertz CT molecular complexity index is 755. The molecular weight excluding hydrogens is 312 g/mol. The zero-order valence-electron chi connectivity index (χ0n) is 12.2. The summed E-state index contributed by atoms with van der Waals surface area (Å²) in [5.74, 6) is 0. The molecule has 0 aromatic carbocycles. The third-order valence-electron chi connectivity index (χ3n) is 3.38. The van der Waals surface area contributed by atoms with Crippen LogP contribution in [0.2, 0.25) is 5.02 Å². The lowest BCUT2D eigenvalue weighted by atomic mass is 9.94. The van der Waals surface area contributed by atoms with E-state index in [0.717, 1.165) is 0 Å². The molecule has 8 heteroatoms. The van der Waals surface area contributed by atoms with Gasteiger partial charge in [-0.1, -0.05) is 25.4 Å². The van der Waals surface area contributed by atoms with Gasteiger partial charge in [0.15, 0.2) is 0 Å². The fourth-order valence-corrected chi connectivity index (χ4v) is 3.94. The predicted octanol–water partition coefficient (Wildman–Crippen LogP) is 1.82. The number of pyridine rings is 1. The van der Waals surface area contributed by atoms with E-state index in [1.54, 1.807) is 6.07 Å². The summed E-state index contributed by atoms with van der Waals surface area (Å²) in [7, 11) is -2.13. The van der Waals surface area contributed by atoms with Gasteiger partial charge in [0, 0.05) is 26.0 Å². The quantitative estimate of drug-likeness (QED) is 0.874. The van der Waals surface area contributed by atoms with Crippen LogP contribution in [0.4, 0.5) is 0 Å². The molecule has 0 bridgehead atoms. The first kappa shape index (κ1) is 16.2. The molecular formula is C13H19ClN4O2S. The molecule has 116 valence electrons. The van der Waals surface area contributed by atoms with Crippen LogP contribution in [0.1, 0.15) is 13.8 Å². The molecule has 6 nitrogen and oxygen atoms in total. The molecule has 0 unspecified atom stereocenters. The molecule has 3 N–H and O–H groups in total. The van der Waals surface area contributed by atoms with Crippen molar-refractivity contribution in [2.45, 2.75) is 18.7 Å². The summed E-state index contributed by atoms with van der Waals surface area (Å²) in [6.07, 6.45) is 2.95. The van der Waals surface area contributed by atoms with Crippen LogP contribution >= 0.6 is 11.6 Å². The van der Waals surface area contributed by atoms with E-state index in [2.05, 4.69) is 9.97 Å². The Morgan fingerprint density at radius 2 is 2.14 bits per heavy atom. The minimum absolute atomic E-state index is 0.130. The van der Waals surface area contributed by atoms with E-state index < -0.39 is 10.0 Å². The molecule has 0 aliphatic rings. The number of aromatic amines is 1. The third kappa shape index (κ3) is 3.06. The third-order valence-corrected chi connectivity index (χ3v) is 5.52. The normalized spacial score (nSPS) is 13.2. The molecule has 0 spiro atoms. The summed E-state index contributed by atoms with van der Waals surface area (Å²) in [6.45, 7) is 4.55. The summed E-state index contributed by atoms with van der Waals surface area (Å²) in [4.78, 5) is 7.05. The van der Waals surface area contributed by atoms with Crippen LogP contribution in [-0.4, -0.2) is 42.8 Å². The van der Waals surface area contributed by atoms with Gasteiger partial charge in [0.05, 0.1) is 10.4 Å². The maximum Gasteiger partial charge on any atom is 0.245 e. The van der Waals surface area contributed by atoms with Gasteiger partial charge in [-0.3, -0.25) is 0 Å². The summed E-state index contributed by atoms with van der Waals surface area (Å²) in [6, 6.07) is 1.57. The predicted molar refractivity (Wildman–Crippen MR) is 83.8 cm³/mol. The molecule has 0 saturated carbocycles. The lowest BCUT2D eigenvalue weighted by Gasteiger charge is -2.28. The molecule has 2 rings (SSSR count). The molecule has 2 aromatic rings. The monoisotopic (exact) mass is 330 g/mol. The number of nitrogens with two attached hydrogens (primary N) is 1. The van der Waals surface area contributed by atoms with Crippen LogP contribution in [0.25, 0.3) is 11.0 Å². The SMILES string of the molecule is CN(CC(C)(C)CN)S(=O)(=O)c1c[nH]c2nccc(Cl)c12. The van der Waals surface area contributed by atoms with Crippen molar-refractivity contribution in [1.29, 1.82) is 0 Å². The van der Waals surface area contributed by atoms with E-state index in [-0.39, 0.29) is 10.3 Å². The molecule has 2 aromatic heterocycles. The van der Waals surface area contributed by atoms with Crippen molar-refractivity contribution < 1.29 is 8.42 Å². The minimum Gasteiger partial charge on any atom is -0.345 e. The van der Waals surface area contributed by atoms with Crippen LogP contribution in [0.5, 0.6) is 0 Å². The van der Waals surface area contributed by atoms with Crippen LogP contribution in [-0.2, 0) is 10.0 Å². The van der Waals surface area contributed by atoms with Gasteiger partial charge in [0.2, 0.25) is 10.0 Å². The van der Waals surface area contributed by atoms with Gasteiger partial charge in [-0.25, -0.2) is 17.7 Å². The van der Waals surface area contributed by atoms with E-state index in [1.807, 2.05) is 13.8 Å². The lowest BCUT2D eigenvalue weighted by Crippen LogP contribution is -2.39. The van der Waals surface area contributed by atoms with Gasteiger partial charge in [0.1, 0.15) is 10.5 Å². The van der Waals surface area contributed by atoms with Gasteiger partial charge < -0.3 is 10.7 Å². The Morgan fingerprint density at radius 3 is 2.76 bits per heavy atom. The van der Waals surface area contributed by atoms with Crippen molar-refractivity contribution in [2.75, 3.05) is 20.1 Å². The van der Waals surface area contributed by atoms with Crippen LogP contribution in [0.15, 0.2) is 23.4 Å². The molecule has 2 heterocycles. The Morgan fingerprint density at radius 1 is 1.48 bits per heavy atom. The van der Waals surface area contributed by atoms with Crippen molar-refractivity contribution in [3.05, 3.63) is 23.5 Å². The largest absolute Gasteiger partial charge is 0.345 e. The number of nitrogens with zero attached hydrogens (tertiary/aromatic N) is 2. The fraction of sp³-hybridized carbons (Fsp3) is 0.462. The van der Waals surface area contributed by atoms with E-state index in [0.29, 0.717) is 29.1 Å². The second kappa shape index (κ2) is 5.57. The number of sulfonamides is 1. The Labute approximate surface area is 129 Å². The van der Waals surface area contributed by atoms with E-state index in [1.165, 1.54) is 23.7 Å². The molecule has 0 aliphatic heterocycles. The number of halogens is 1. The van der Waals surface area contributed by atoms with Crippen LogP contribution in [0, 0.1) is 5.41 Å². The van der Waals surface area contributed by atoms with Gasteiger partial charge in [-0.15, -0.1) is 0 Å². The number of H-pyrrole nitrogens is 1. The summed E-state index contributed by atoms with van der Waals surface area (Å²) < 4.78 is 26.8.